The van der Waals surface area contributed by atoms with Crippen molar-refractivity contribution in [2.45, 2.75) is 24.4 Å². The zero-order valence-electron chi connectivity index (χ0n) is 17.3. The molecule has 3 rings (SSSR count). The molecule has 1 aliphatic rings. The molecule has 0 spiro atoms. The number of carbonyl (C=O) groups is 2. The van der Waals surface area contributed by atoms with Crippen molar-refractivity contribution in [2.75, 3.05) is 32.2 Å². The Hall–Kier alpha value is -3.07. The fourth-order valence-electron chi connectivity index (χ4n) is 3.59. The SMILES string of the molecule is CN(C)c1cccc(C(=O)NNC(=O)C2(c3cccc(C(F)(F)F)c3)CCOCC2)c1. The number of halogens is 3. The molecule has 0 aromatic heterocycles. The number of alkyl halides is 3. The second kappa shape index (κ2) is 8.97. The summed E-state index contributed by atoms with van der Waals surface area (Å²) in [5.74, 6) is -1.10. The van der Waals surface area contributed by atoms with E-state index in [1.165, 1.54) is 12.1 Å². The number of anilines is 1. The summed E-state index contributed by atoms with van der Waals surface area (Å²) in [7, 11) is 3.67. The van der Waals surface area contributed by atoms with E-state index < -0.39 is 29.0 Å². The maximum Gasteiger partial charge on any atom is 0.416 e. The van der Waals surface area contributed by atoms with Crippen LogP contribution in [-0.4, -0.2) is 39.1 Å². The lowest BCUT2D eigenvalue weighted by molar-refractivity contribution is -0.138. The number of amides is 2. The lowest BCUT2D eigenvalue weighted by Crippen LogP contribution is -2.53. The molecule has 1 fully saturated rings. The fraction of sp³-hybridized carbons (Fsp3) is 0.364. The van der Waals surface area contributed by atoms with Crippen molar-refractivity contribution in [3.63, 3.8) is 0 Å². The van der Waals surface area contributed by atoms with Crippen LogP contribution in [0.25, 0.3) is 0 Å². The number of nitrogens with one attached hydrogen (secondary N) is 2. The first kappa shape index (κ1) is 22.6. The summed E-state index contributed by atoms with van der Waals surface area (Å²) < 4.78 is 44.9. The first-order chi connectivity index (χ1) is 14.6. The van der Waals surface area contributed by atoms with Gasteiger partial charge < -0.3 is 9.64 Å². The van der Waals surface area contributed by atoms with E-state index in [1.807, 2.05) is 25.1 Å². The Bertz CT molecular complexity index is 954. The minimum Gasteiger partial charge on any atom is -0.381 e. The monoisotopic (exact) mass is 435 g/mol. The van der Waals surface area contributed by atoms with Crippen molar-refractivity contribution in [1.82, 2.24) is 10.9 Å². The van der Waals surface area contributed by atoms with Gasteiger partial charge in [0, 0.05) is 38.6 Å². The summed E-state index contributed by atoms with van der Waals surface area (Å²) in [4.78, 5) is 27.5. The summed E-state index contributed by atoms with van der Waals surface area (Å²) in [6.07, 6.45) is -4.12. The van der Waals surface area contributed by atoms with Crippen LogP contribution in [0.4, 0.5) is 18.9 Å². The smallest absolute Gasteiger partial charge is 0.381 e. The number of hydrogen-bond donors (Lipinski definition) is 2. The van der Waals surface area contributed by atoms with Crippen molar-refractivity contribution in [1.29, 1.82) is 0 Å². The van der Waals surface area contributed by atoms with Gasteiger partial charge in [-0.25, -0.2) is 0 Å². The van der Waals surface area contributed by atoms with Gasteiger partial charge in [0.15, 0.2) is 0 Å². The number of nitrogens with zero attached hydrogens (tertiary/aromatic N) is 1. The van der Waals surface area contributed by atoms with E-state index in [-0.39, 0.29) is 31.6 Å². The van der Waals surface area contributed by atoms with E-state index in [1.54, 1.807) is 18.2 Å². The molecule has 0 aliphatic carbocycles. The van der Waals surface area contributed by atoms with E-state index >= 15 is 0 Å². The molecule has 2 aromatic rings. The van der Waals surface area contributed by atoms with Crippen LogP contribution in [0, 0.1) is 0 Å². The number of benzene rings is 2. The van der Waals surface area contributed by atoms with Crippen molar-refractivity contribution in [2.24, 2.45) is 0 Å². The number of carbonyl (C=O) groups excluding carboxylic acids is 2. The highest BCUT2D eigenvalue weighted by Crippen LogP contribution is 2.38. The minimum atomic E-state index is -4.52. The van der Waals surface area contributed by atoms with Gasteiger partial charge in [-0.05, 0) is 42.7 Å². The van der Waals surface area contributed by atoms with Crippen LogP contribution in [0.15, 0.2) is 48.5 Å². The van der Waals surface area contributed by atoms with Crippen molar-refractivity contribution >= 4 is 17.5 Å². The topological polar surface area (TPSA) is 70.7 Å². The van der Waals surface area contributed by atoms with E-state index in [2.05, 4.69) is 10.9 Å². The van der Waals surface area contributed by atoms with E-state index in [9.17, 15) is 22.8 Å². The highest BCUT2D eigenvalue weighted by atomic mass is 19.4. The van der Waals surface area contributed by atoms with Gasteiger partial charge in [-0.3, -0.25) is 20.4 Å². The molecule has 1 heterocycles. The quantitative estimate of drug-likeness (QED) is 0.724. The van der Waals surface area contributed by atoms with Gasteiger partial charge in [0.2, 0.25) is 5.91 Å². The fourth-order valence-corrected chi connectivity index (χ4v) is 3.59. The number of rotatable bonds is 4. The van der Waals surface area contributed by atoms with Crippen LogP contribution in [0.2, 0.25) is 0 Å². The summed E-state index contributed by atoms with van der Waals surface area (Å²) in [5.41, 5.74) is 4.12. The average molecular weight is 435 g/mol. The molecule has 0 radical (unpaired) electrons. The zero-order valence-corrected chi connectivity index (χ0v) is 17.3. The normalized spacial score (nSPS) is 15.8. The Morgan fingerprint density at radius 1 is 1.00 bits per heavy atom. The molecule has 2 N–H and O–H groups in total. The average Bonchev–Trinajstić information content (AvgIpc) is 2.77. The number of ether oxygens (including phenoxy) is 1. The number of hydrogen-bond acceptors (Lipinski definition) is 4. The second-order valence-corrected chi connectivity index (χ2v) is 7.63. The molecule has 0 bridgehead atoms. The maximum atomic E-state index is 13.2. The summed E-state index contributed by atoms with van der Waals surface area (Å²) >= 11 is 0. The Labute approximate surface area is 178 Å². The molecule has 6 nitrogen and oxygen atoms in total. The first-order valence-corrected chi connectivity index (χ1v) is 9.77. The Morgan fingerprint density at radius 2 is 1.68 bits per heavy atom. The van der Waals surface area contributed by atoms with Gasteiger partial charge in [0.1, 0.15) is 0 Å². The Morgan fingerprint density at radius 3 is 2.32 bits per heavy atom. The Balaban J connectivity index is 1.81. The van der Waals surface area contributed by atoms with Gasteiger partial charge in [0.05, 0.1) is 11.0 Å². The summed E-state index contributed by atoms with van der Waals surface area (Å²) in [6, 6.07) is 11.6. The van der Waals surface area contributed by atoms with Gasteiger partial charge in [-0.1, -0.05) is 24.3 Å². The predicted molar refractivity (Wildman–Crippen MR) is 110 cm³/mol. The summed E-state index contributed by atoms with van der Waals surface area (Å²) in [6.45, 7) is 0.449. The van der Waals surface area contributed by atoms with Crippen LogP contribution < -0.4 is 15.8 Å². The predicted octanol–water partition coefficient (Wildman–Crippen LogP) is 3.28. The summed E-state index contributed by atoms with van der Waals surface area (Å²) in [5, 5.41) is 0. The maximum absolute atomic E-state index is 13.2. The molecule has 0 atom stereocenters. The van der Waals surface area contributed by atoms with E-state index in [0.29, 0.717) is 5.56 Å². The molecule has 0 saturated carbocycles. The molecule has 2 amide bonds. The van der Waals surface area contributed by atoms with Crippen LogP contribution in [-0.2, 0) is 21.1 Å². The molecule has 1 aliphatic heterocycles. The van der Waals surface area contributed by atoms with Crippen LogP contribution >= 0.6 is 0 Å². The highest BCUT2D eigenvalue weighted by molar-refractivity contribution is 5.97. The minimum absolute atomic E-state index is 0.201. The Kier molecular flexibility index (Phi) is 6.54. The third kappa shape index (κ3) is 4.99. The van der Waals surface area contributed by atoms with Gasteiger partial charge in [-0.15, -0.1) is 0 Å². The van der Waals surface area contributed by atoms with Crippen LogP contribution in [0.5, 0.6) is 0 Å². The van der Waals surface area contributed by atoms with Crippen molar-refractivity contribution < 1.29 is 27.5 Å². The van der Waals surface area contributed by atoms with E-state index in [4.69, 9.17) is 4.74 Å². The molecular weight excluding hydrogens is 411 g/mol. The molecule has 2 aromatic carbocycles. The molecule has 166 valence electrons. The molecular formula is C22H24F3N3O3. The standard InChI is InChI=1S/C22H24F3N3O3/c1-28(2)18-8-3-5-15(13-18)19(29)26-27-20(30)21(9-11-31-12-10-21)16-6-4-7-17(14-16)22(23,24)25/h3-8,13-14H,9-12H2,1-2H3,(H,26,29)(H,27,30). The lowest BCUT2D eigenvalue weighted by atomic mass is 9.73. The van der Waals surface area contributed by atoms with Crippen LogP contribution in [0.3, 0.4) is 0 Å². The van der Waals surface area contributed by atoms with Gasteiger partial charge >= 0.3 is 6.18 Å². The lowest BCUT2D eigenvalue weighted by Gasteiger charge is -2.36. The van der Waals surface area contributed by atoms with E-state index in [0.717, 1.165) is 17.8 Å². The largest absolute Gasteiger partial charge is 0.416 e. The third-order valence-electron chi connectivity index (χ3n) is 5.44. The second-order valence-electron chi connectivity index (χ2n) is 7.63. The third-order valence-corrected chi connectivity index (χ3v) is 5.44. The number of hydrazine groups is 1. The van der Waals surface area contributed by atoms with Crippen LogP contribution in [0.1, 0.15) is 34.3 Å². The zero-order chi connectivity index (χ0) is 22.6. The highest BCUT2D eigenvalue weighted by Gasteiger charge is 2.43. The van der Waals surface area contributed by atoms with Gasteiger partial charge in [-0.2, -0.15) is 13.2 Å². The molecule has 9 heteroatoms. The first-order valence-electron chi connectivity index (χ1n) is 9.77. The molecule has 31 heavy (non-hydrogen) atoms. The molecule has 0 unspecified atom stereocenters. The van der Waals surface area contributed by atoms with Gasteiger partial charge in [0.25, 0.3) is 5.91 Å². The van der Waals surface area contributed by atoms with Crippen molar-refractivity contribution in [3.8, 4) is 0 Å². The van der Waals surface area contributed by atoms with Crippen molar-refractivity contribution in [3.05, 3.63) is 65.2 Å². The molecule has 1 saturated heterocycles.